The van der Waals surface area contributed by atoms with Crippen LogP contribution >= 0.6 is 0 Å². The number of amides is 2. The molecule has 1 fully saturated rings. The fourth-order valence-electron chi connectivity index (χ4n) is 2.88. The monoisotopic (exact) mass is 296 g/mol. The first kappa shape index (κ1) is 14.4. The summed E-state index contributed by atoms with van der Waals surface area (Å²) < 4.78 is 5.27. The number of carbonyl (C=O) groups is 1. The van der Waals surface area contributed by atoms with Crippen molar-refractivity contribution in [2.45, 2.75) is 12.3 Å². The fourth-order valence-corrected chi connectivity index (χ4v) is 2.88. The molecule has 0 aromatic heterocycles. The van der Waals surface area contributed by atoms with Crippen molar-refractivity contribution >= 4 is 11.7 Å². The van der Waals surface area contributed by atoms with Crippen LogP contribution in [0, 0.1) is 0 Å². The number of nitrogens with one attached hydrogen (secondary N) is 1. The van der Waals surface area contributed by atoms with E-state index in [9.17, 15) is 4.79 Å². The van der Waals surface area contributed by atoms with Gasteiger partial charge in [-0.2, -0.15) is 0 Å². The number of ether oxygens (including phenoxy) is 1. The summed E-state index contributed by atoms with van der Waals surface area (Å²) in [5.74, 6) is 1.10. The molecule has 4 heteroatoms. The molecular weight excluding hydrogens is 276 g/mol. The van der Waals surface area contributed by atoms with Crippen LogP contribution in [0.5, 0.6) is 5.75 Å². The van der Waals surface area contributed by atoms with E-state index in [2.05, 4.69) is 17.4 Å². The molecule has 1 N–H and O–H groups in total. The van der Waals surface area contributed by atoms with E-state index >= 15 is 0 Å². The number of benzene rings is 2. The predicted octanol–water partition coefficient (Wildman–Crippen LogP) is 3.72. The molecule has 1 heterocycles. The second-order valence-electron chi connectivity index (χ2n) is 5.47. The lowest BCUT2D eigenvalue weighted by molar-refractivity contribution is 0.222. The van der Waals surface area contributed by atoms with Crippen LogP contribution in [0.1, 0.15) is 17.9 Å². The van der Waals surface area contributed by atoms with Crippen LogP contribution in [0.25, 0.3) is 0 Å². The zero-order chi connectivity index (χ0) is 15.4. The highest BCUT2D eigenvalue weighted by molar-refractivity contribution is 5.91. The molecule has 0 bridgehead atoms. The number of hydrogen-bond acceptors (Lipinski definition) is 2. The van der Waals surface area contributed by atoms with Crippen LogP contribution in [0.3, 0.4) is 0 Å². The van der Waals surface area contributed by atoms with E-state index in [4.69, 9.17) is 4.74 Å². The first-order chi connectivity index (χ1) is 10.8. The van der Waals surface area contributed by atoms with Crippen LogP contribution in [-0.4, -0.2) is 31.1 Å². The second kappa shape index (κ2) is 6.52. The van der Waals surface area contributed by atoms with Crippen molar-refractivity contribution in [3.63, 3.8) is 0 Å². The number of carbonyl (C=O) groups excluding carboxylic acids is 1. The Morgan fingerprint density at radius 2 is 1.86 bits per heavy atom. The van der Waals surface area contributed by atoms with Crippen molar-refractivity contribution in [2.75, 3.05) is 25.5 Å². The van der Waals surface area contributed by atoms with Gasteiger partial charge in [0.1, 0.15) is 5.75 Å². The van der Waals surface area contributed by atoms with Gasteiger partial charge in [0.15, 0.2) is 0 Å². The number of nitrogens with zero attached hydrogens (tertiary/aromatic N) is 1. The molecule has 114 valence electrons. The van der Waals surface area contributed by atoms with Crippen LogP contribution in [0.4, 0.5) is 10.5 Å². The molecule has 0 radical (unpaired) electrons. The minimum absolute atomic E-state index is 0.0667. The Labute approximate surface area is 130 Å². The van der Waals surface area contributed by atoms with Gasteiger partial charge in [0.2, 0.25) is 0 Å². The molecule has 3 rings (SSSR count). The van der Waals surface area contributed by atoms with Gasteiger partial charge in [0.25, 0.3) is 0 Å². The maximum absolute atomic E-state index is 12.4. The van der Waals surface area contributed by atoms with Gasteiger partial charge in [-0.05, 0) is 24.1 Å². The third-order valence-electron chi connectivity index (χ3n) is 4.10. The molecule has 4 nitrogen and oxygen atoms in total. The van der Waals surface area contributed by atoms with Gasteiger partial charge >= 0.3 is 6.03 Å². The normalized spacial score (nSPS) is 17.3. The molecule has 0 saturated carbocycles. The minimum atomic E-state index is -0.0667. The summed E-state index contributed by atoms with van der Waals surface area (Å²) in [4.78, 5) is 14.3. The van der Waals surface area contributed by atoms with Gasteiger partial charge < -0.3 is 15.0 Å². The maximum atomic E-state index is 12.4. The number of likely N-dealkylation sites (tertiary alicyclic amines) is 1. The van der Waals surface area contributed by atoms with E-state index in [0.29, 0.717) is 17.4 Å². The lowest BCUT2D eigenvalue weighted by Gasteiger charge is -2.18. The Hall–Kier alpha value is -2.49. The smallest absolute Gasteiger partial charge is 0.321 e. The van der Waals surface area contributed by atoms with Crippen molar-refractivity contribution in [3.05, 3.63) is 60.2 Å². The third-order valence-corrected chi connectivity index (χ3v) is 4.10. The lowest BCUT2D eigenvalue weighted by atomic mass is 9.99. The summed E-state index contributed by atoms with van der Waals surface area (Å²) in [6, 6.07) is 17.8. The summed E-state index contributed by atoms with van der Waals surface area (Å²) in [6.45, 7) is 1.53. The molecule has 0 spiro atoms. The van der Waals surface area contributed by atoms with Gasteiger partial charge in [-0.15, -0.1) is 0 Å². The molecule has 1 atom stereocenters. The van der Waals surface area contributed by atoms with Gasteiger partial charge in [-0.1, -0.05) is 42.5 Å². The van der Waals surface area contributed by atoms with Crippen molar-refractivity contribution in [1.29, 1.82) is 0 Å². The van der Waals surface area contributed by atoms with Crippen molar-refractivity contribution < 1.29 is 9.53 Å². The average Bonchev–Trinajstić information content (AvgIpc) is 3.06. The van der Waals surface area contributed by atoms with Crippen molar-refractivity contribution in [1.82, 2.24) is 4.90 Å². The van der Waals surface area contributed by atoms with Gasteiger partial charge in [0.05, 0.1) is 12.8 Å². The number of methoxy groups -OCH3 is 1. The second-order valence-corrected chi connectivity index (χ2v) is 5.47. The van der Waals surface area contributed by atoms with E-state index in [0.717, 1.165) is 19.5 Å². The quantitative estimate of drug-likeness (QED) is 0.938. The standard InChI is InChI=1S/C18H20N2O2/c1-22-17-10-6-5-9-16(17)19-18(21)20-12-11-15(13-20)14-7-3-2-4-8-14/h2-10,15H,11-13H2,1H3,(H,19,21). The van der Waals surface area contributed by atoms with Crippen LogP contribution < -0.4 is 10.1 Å². The Balaban J connectivity index is 1.64. The Morgan fingerprint density at radius 3 is 2.64 bits per heavy atom. The molecule has 2 aromatic carbocycles. The van der Waals surface area contributed by atoms with Crippen LogP contribution in [-0.2, 0) is 0 Å². The topological polar surface area (TPSA) is 41.6 Å². The highest BCUT2D eigenvalue weighted by atomic mass is 16.5. The van der Waals surface area contributed by atoms with E-state index < -0.39 is 0 Å². The molecule has 1 aliphatic heterocycles. The molecule has 2 aromatic rings. The fraction of sp³-hybridized carbons (Fsp3) is 0.278. The molecule has 1 unspecified atom stereocenters. The summed E-state index contributed by atoms with van der Waals surface area (Å²) >= 11 is 0. The third kappa shape index (κ3) is 3.06. The maximum Gasteiger partial charge on any atom is 0.321 e. The van der Waals surface area contributed by atoms with Crippen molar-refractivity contribution in [2.24, 2.45) is 0 Å². The molecule has 1 saturated heterocycles. The SMILES string of the molecule is COc1ccccc1NC(=O)N1CCC(c2ccccc2)C1. The molecule has 0 aliphatic carbocycles. The minimum Gasteiger partial charge on any atom is -0.495 e. The highest BCUT2D eigenvalue weighted by Crippen LogP contribution is 2.28. The first-order valence-electron chi connectivity index (χ1n) is 7.52. The number of urea groups is 1. The number of para-hydroxylation sites is 2. The highest BCUT2D eigenvalue weighted by Gasteiger charge is 2.27. The average molecular weight is 296 g/mol. The van der Waals surface area contributed by atoms with Crippen LogP contribution in [0.15, 0.2) is 54.6 Å². The predicted molar refractivity (Wildman–Crippen MR) is 87.4 cm³/mol. The number of anilines is 1. The summed E-state index contributed by atoms with van der Waals surface area (Å²) in [6.07, 6.45) is 1.00. The Morgan fingerprint density at radius 1 is 1.14 bits per heavy atom. The van der Waals surface area contributed by atoms with Gasteiger partial charge in [-0.25, -0.2) is 4.79 Å². The van der Waals surface area contributed by atoms with Crippen LogP contribution in [0.2, 0.25) is 0 Å². The summed E-state index contributed by atoms with van der Waals surface area (Å²) in [7, 11) is 1.60. The van der Waals surface area contributed by atoms with E-state index in [1.807, 2.05) is 47.4 Å². The molecule has 22 heavy (non-hydrogen) atoms. The first-order valence-corrected chi connectivity index (χ1v) is 7.52. The van der Waals surface area contributed by atoms with Gasteiger partial charge in [0, 0.05) is 19.0 Å². The molecular formula is C18H20N2O2. The Kier molecular flexibility index (Phi) is 4.28. The number of rotatable bonds is 3. The van der Waals surface area contributed by atoms with Crippen molar-refractivity contribution in [3.8, 4) is 5.75 Å². The van der Waals surface area contributed by atoms with E-state index in [1.165, 1.54) is 5.56 Å². The zero-order valence-corrected chi connectivity index (χ0v) is 12.7. The Bertz CT molecular complexity index is 643. The summed E-state index contributed by atoms with van der Waals surface area (Å²) in [5, 5.41) is 2.94. The van der Waals surface area contributed by atoms with E-state index in [-0.39, 0.29) is 6.03 Å². The molecule has 1 aliphatic rings. The lowest BCUT2D eigenvalue weighted by Crippen LogP contribution is -2.32. The summed E-state index contributed by atoms with van der Waals surface area (Å²) in [5.41, 5.74) is 2.01. The molecule has 2 amide bonds. The zero-order valence-electron chi connectivity index (χ0n) is 12.7. The number of hydrogen-bond donors (Lipinski definition) is 1. The van der Waals surface area contributed by atoms with Gasteiger partial charge in [-0.3, -0.25) is 0 Å². The largest absolute Gasteiger partial charge is 0.495 e. The van der Waals surface area contributed by atoms with E-state index in [1.54, 1.807) is 7.11 Å².